The van der Waals surface area contributed by atoms with Crippen molar-refractivity contribution >= 4 is 12.1 Å². The number of likely N-dealkylation sites (N-methyl/N-ethyl adjacent to an activating group) is 1. The van der Waals surface area contributed by atoms with Gasteiger partial charge >= 0.3 is 12.1 Å². The van der Waals surface area contributed by atoms with Crippen LogP contribution in [-0.2, 0) is 16.1 Å². The molecule has 0 saturated heterocycles. The average molecular weight is 294 g/mol. The lowest BCUT2D eigenvalue weighted by molar-refractivity contribution is -0.142. The van der Waals surface area contributed by atoms with Gasteiger partial charge in [-0.1, -0.05) is 30.3 Å². The third kappa shape index (κ3) is 5.83. The number of carboxylic acid groups (broad SMARTS) is 1. The molecule has 0 bridgehead atoms. The summed E-state index contributed by atoms with van der Waals surface area (Å²) in [4.78, 5) is 24.3. The molecule has 1 aromatic carbocycles. The number of carbonyl (C=O) groups is 2. The van der Waals surface area contributed by atoms with E-state index < -0.39 is 18.1 Å². The molecule has 1 atom stereocenters. The van der Waals surface area contributed by atoms with Crippen LogP contribution in [0.25, 0.3) is 0 Å². The zero-order chi connectivity index (χ0) is 15.7. The lowest BCUT2D eigenvalue weighted by Gasteiger charge is -2.24. The monoisotopic (exact) mass is 294 g/mol. The van der Waals surface area contributed by atoms with Crippen molar-refractivity contribution in [3.63, 3.8) is 0 Å². The Morgan fingerprint density at radius 3 is 2.52 bits per heavy atom. The predicted octanol–water partition coefficient (Wildman–Crippen LogP) is 1.84. The van der Waals surface area contributed by atoms with Gasteiger partial charge in [-0.05, 0) is 31.4 Å². The van der Waals surface area contributed by atoms with E-state index in [1.807, 2.05) is 30.3 Å². The molecule has 0 heterocycles. The van der Waals surface area contributed by atoms with Gasteiger partial charge in [0.15, 0.2) is 0 Å². The van der Waals surface area contributed by atoms with E-state index in [4.69, 9.17) is 10.5 Å². The number of rotatable bonds is 8. The number of carboxylic acids is 1. The second kappa shape index (κ2) is 8.97. The summed E-state index contributed by atoms with van der Waals surface area (Å²) in [5.41, 5.74) is 6.24. The summed E-state index contributed by atoms with van der Waals surface area (Å²) in [5, 5.41) is 9.20. The van der Waals surface area contributed by atoms with E-state index in [0.29, 0.717) is 19.4 Å². The SMILES string of the molecule is CN(C(=O)OCc1ccccc1)[C@@H](CCCCN)C(=O)O. The third-order valence-corrected chi connectivity index (χ3v) is 3.18. The minimum Gasteiger partial charge on any atom is -0.480 e. The highest BCUT2D eigenvalue weighted by molar-refractivity contribution is 5.79. The highest BCUT2D eigenvalue weighted by atomic mass is 16.6. The van der Waals surface area contributed by atoms with Gasteiger partial charge < -0.3 is 15.6 Å². The molecule has 21 heavy (non-hydrogen) atoms. The van der Waals surface area contributed by atoms with Crippen molar-refractivity contribution in [3.05, 3.63) is 35.9 Å². The van der Waals surface area contributed by atoms with Crippen molar-refractivity contribution in [1.82, 2.24) is 4.90 Å². The first-order valence-corrected chi connectivity index (χ1v) is 6.92. The van der Waals surface area contributed by atoms with E-state index >= 15 is 0 Å². The first kappa shape index (κ1) is 17.0. The number of unbranched alkanes of at least 4 members (excludes halogenated alkanes) is 1. The van der Waals surface area contributed by atoms with Crippen molar-refractivity contribution in [3.8, 4) is 0 Å². The first-order valence-electron chi connectivity index (χ1n) is 6.92. The van der Waals surface area contributed by atoms with Crippen LogP contribution in [0.4, 0.5) is 4.79 Å². The number of benzene rings is 1. The van der Waals surface area contributed by atoms with Crippen molar-refractivity contribution in [2.24, 2.45) is 5.73 Å². The second-order valence-corrected chi connectivity index (χ2v) is 4.79. The number of nitrogens with zero attached hydrogens (tertiary/aromatic N) is 1. The van der Waals surface area contributed by atoms with Crippen LogP contribution in [0, 0.1) is 0 Å². The molecule has 0 aliphatic rings. The molecule has 0 spiro atoms. The number of ether oxygens (including phenoxy) is 1. The highest BCUT2D eigenvalue weighted by Gasteiger charge is 2.26. The van der Waals surface area contributed by atoms with E-state index in [-0.39, 0.29) is 6.61 Å². The topological polar surface area (TPSA) is 92.9 Å². The quantitative estimate of drug-likeness (QED) is 0.714. The Morgan fingerprint density at radius 1 is 1.29 bits per heavy atom. The van der Waals surface area contributed by atoms with Crippen LogP contribution in [0.1, 0.15) is 24.8 Å². The van der Waals surface area contributed by atoms with Gasteiger partial charge in [-0.3, -0.25) is 4.90 Å². The molecule has 0 fully saturated rings. The van der Waals surface area contributed by atoms with Crippen LogP contribution in [-0.4, -0.2) is 41.7 Å². The number of hydrogen-bond donors (Lipinski definition) is 2. The lowest BCUT2D eigenvalue weighted by Crippen LogP contribution is -2.42. The van der Waals surface area contributed by atoms with Gasteiger partial charge in [-0.25, -0.2) is 9.59 Å². The van der Waals surface area contributed by atoms with E-state index in [1.165, 1.54) is 7.05 Å². The molecule has 6 nitrogen and oxygen atoms in total. The van der Waals surface area contributed by atoms with Crippen LogP contribution in [0.15, 0.2) is 30.3 Å². The molecule has 1 amide bonds. The summed E-state index contributed by atoms with van der Waals surface area (Å²) >= 11 is 0. The maximum atomic E-state index is 11.9. The molecule has 1 aromatic rings. The predicted molar refractivity (Wildman–Crippen MR) is 78.7 cm³/mol. The number of nitrogens with two attached hydrogens (primary N) is 1. The standard InChI is InChI=1S/C15H22N2O4/c1-17(13(14(18)19)9-5-6-10-16)15(20)21-11-12-7-3-2-4-8-12/h2-4,7-8,13H,5-6,9-11,16H2,1H3,(H,18,19)/t13-/m0/s1. The third-order valence-electron chi connectivity index (χ3n) is 3.18. The molecule has 0 saturated carbocycles. The van der Waals surface area contributed by atoms with Gasteiger partial charge in [0.05, 0.1) is 0 Å². The fraction of sp³-hybridized carbons (Fsp3) is 0.467. The number of aliphatic carboxylic acids is 1. The Hall–Kier alpha value is -2.08. The Morgan fingerprint density at radius 2 is 1.95 bits per heavy atom. The Bertz CT molecular complexity index is 450. The zero-order valence-corrected chi connectivity index (χ0v) is 12.2. The summed E-state index contributed by atoms with van der Waals surface area (Å²) < 4.78 is 5.13. The van der Waals surface area contributed by atoms with Gasteiger partial charge in [-0.2, -0.15) is 0 Å². The number of carbonyl (C=O) groups excluding carboxylic acids is 1. The van der Waals surface area contributed by atoms with Gasteiger partial charge in [0, 0.05) is 7.05 Å². The van der Waals surface area contributed by atoms with Crippen LogP contribution >= 0.6 is 0 Å². The van der Waals surface area contributed by atoms with Gasteiger partial charge in [0.25, 0.3) is 0 Å². The van der Waals surface area contributed by atoms with E-state index in [0.717, 1.165) is 16.9 Å². The average Bonchev–Trinajstić information content (AvgIpc) is 2.49. The van der Waals surface area contributed by atoms with E-state index in [1.54, 1.807) is 0 Å². The lowest BCUT2D eigenvalue weighted by atomic mass is 10.1. The molecule has 0 aromatic heterocycles. The fourth-order valence-corrected chi connectivity index (χ4v) is 1.91. The maximum Gasteiger partial charge on any atom is 0.410 e. The normalized spacial score (nSPS) is 11.7. The summed E-state index contributed by atoms with van der Waals surface area (Å²) in [6.45, 7) is 0.633. The van der Waals surface area contributed by atoms with E-state index in [9.17, 15) is 14.7 Å². The molecule has 0 aliphatic heterocycles. The van der Waals surface area contributed by atoms with Gasteiger partial charge in [-0.15, -0.1) is 0 Å². The summed E-state index contributed by atoms with van der Waals surface area (Å²) in [6.07, 6.45) is 1.11. The van der Waals surface area contributed by atoms with E-state index in [2.05, 4.69) is 0 Å². The molecule has 6 heteroatoms. The number of hydrogen-bond acceptors (Lipinski definition) is 4. The van der Waals surface area contributed by atoms with Crippen molar-refractivity contribution in [1.29, 1.82) is 0 Å². The van der Waals surface area contributed by atoms with Gasteiger partial charge in [0.1, 0.15) is 12.6 Å². The summed E-state index contributed by atoms with van der Waals surface area (Å²) in [5.74, 6) is -1.04. The maximum absolute atomic E-state index is 11.9. The Labute approximate surface area is 124 Å². The Kier molecular flexibility index (Phi) is 7.25. The van der Waals surface area contributed by atoms with Crippen LogP contribution < -0.4 is 5.73 Å². The smallest absolute Gasteiger partial charge is 0.410 e. The van der Waals surface area contributed by atoms with Crippen LogP contribution in [0.5, 0.6) is 0 Å². The minimum atomic E-state index is -1.04. The Balaban J connectivity index is 2.51. The van der Waals surface area contributed by atoms with Crippen LogP contribution in [0.3, 0.4) is 0 Å². The highest BCUT2D eigenvalue weighted by Crippen LogP contribution is 2.10. The molecule has 0 aliphatic carbocycles. The molecule has 3 N–H and O–H groups in total. The second-order valence-electron chi connectivity index (χ2n) is 4.79. The minimum absolute atomic E-state index is 0.124. The van der Waals surface area contributed by atoms with Crippen molar-refractivity contribution in [2.45, 2.75) is 31.9 Å². The summed E-state index contributed by atoms with van der Waals surface area (Å²) in [7, 11) is 1.44. The molecule has 0 unspecified atom stereocenters. The number of amides is 1. The molecular formula is C15H22N2O4. The largest absolute Gasteiger partial charge is 0.480 e. The van der Waals surface area contributed by atoms with Gasteiger partial charge in [0.2, 0.25) is 0 Å². The molecule has 0 radical (unpaired) electrons. The molecule has 1 rings (SSSR count). The fourth-order valence-electron chi connectivity index (χ4n) is 1.91. The van der Waals surface area contributed by atoms with Crippen molar-refractivity contribution < 1.29 is 19.4 Å². The molecule has 116 valence electrons. The molecular weight excluding hydrogens is 272 g/mol. The first-order chi connectivity index (χ1) is 10.1. The zero-order valence-electron chi connectivity index (χ0n) is 12.2. The summed E-state index contributed by atoms with van der Waals surface area (Å²) in [6, 6.07) is 8.35. The van der Waals surface area contributed by atoms with Crippen molar-refractivity contribution in [2.75, 3.05) is 13.6 Å². The van der Waals surface area contributed by atoms with Crippen LogP contribution in [0.2, 0.25) is 0 Å².